The zero-order chi connectivity index (χ0) is 17.0. The number of hydrogen-bond donors (Lipinski definition) is 2. The summed E-state index contributed by atoms with van der Waals surface area (Å²) in [6, 6.07) is 7.90. The second kappa shape index (κ2) is 6.78. The smallest absolute Gasteiger partial charge is 0.368 e. The van der Waals surface area contributed by atoms with Gasteiger partial charge < -0.3 is 11.1 Å². The van der Waals surface area contributed by atoms with Gasteiger partial charge in [0.1, 0.15) is 0 Å². The number of halogens is 3. The van der Waals surface area contributed by atoms with E-state index in [2.05, 4.69) is 10.3 Å². The molecule has 1 amide bonds. The Bertz CT molecular complexity index is 684. The quantitative estimate of drug-likeness (QED) is 0.889. The third-order valence-corrected chi connectivity index (χ3v) is 3.38. The fraction of sp³-hybridized carbons (Fsp3) is 0.250. The van der Waals surface area contributed by atoms with Crippen LogP contribution in [0.2, 0.25) is 0 Å². The van der Waals surface area contributed by atoms with Crippen LogP contribution in [-0.4, -0.2) is 16.9 Å². The second-order valence-electron chi connectivity index (χ2n) is 5.12. The standard InChI is InChI=1S/C16H16F3N3O/c1-10(15(20)23)22-9-14-8-12(6-7-21-14)11-2-4-13(5-3-11)16(17,18)19/h2-8,10,22H,9H2,1H3,(H2,20,23)/t10-/m0/s1. The first-order valence-corrected chi connectivity index (χ1v) is 6.92. The summed E-state index contributed by atoms with van der Waals surface area (Å²) in [5, 5.41) is 2.92. The molecule has 0 aliphatic heterocycles. The minimum absolute atomic E-state index is 0.332. The number of carbonyl (C=O) groups is 1. The van der Waals surface area contributed by atoms with Crippen molar-refractivity contribution in [2.24, 2.45) is 5.73 Å². The average molecular weight is 323 g/mol. The maximum atomic E-state index is 12.6. The molecule has 122 valence electrons. The highest BCUT2D eigenvalue weighted by atomic mass is 19.4. The van der Waals surface area contributed by atoms with Gasteiger partial charge in [-0.2, -0.15) is 13.2 Å². The van der Waals surface area contributed by atoms with E-state index < -0.39 is 23.7 Å². The van der Waals surface area contributed by atoms with E-state index in [4.69, 9.17) is 5.73 Å². The summed E-state index contributed by atoms with van der Waals surface area (Å²) in [6.45, 7) is 1.97. The third-order valence-electron chi connectivity index (χ3n) is 3.38. The Labute approximate surface area is 131 Å². The van der Waals surface area contributed by atoms with Gasteiger partial charge >= 0.3 is 6.18 Å². The SMILES string of the molecule is C[C@H](NCc1cc(-c2ccc(C(F)(F)F)cc2)ccn1)C(N)=O. The van der Waals surface area contributed by atoms with E-state index in [0.717, 1.165) is 17.7 Å². The Morgan fingerprint density at radius 2 is 1.87 bits per heavy atom. The fourth-order valence-electron chi connectivity index (χ4n) is 1.96. The largest absolute Gasteiger partial charge is 0.416 e. The lowest BCUT2D eigenvalue weighted by Crippen LogP contribution is -2.38. The highest BCUT2D eigenvalue weighted by Gasteiger charge is 2.29. The first-order valence-electron chi connectivity index (χ1n) is 6.92. The van der Waals surface area contributed by atoms with E-state index >= 15 is 0 Å². The summed E-state index contributed by atoms with van der Waals surface area (Å²) in [5.41, 5.74) is 6.54. The van der Waals surface area contributed by atoms with Crippen molar-refractivity contribution < 1.29 is 18.0 Å². The van der Waals surface area contributed by atoms with Crippen molar-refractivity contribution in [3.05, 3.63) is 53.9 Å². The molecule has 23 heavy (non-hydrogen) atoms. The lowest BCUT2D eigenvalue weighted by atomic mass is 10.0. The second-order valence-corrected chi connectivity index (χ2v) is 5.12. The molecule has 0 saturated heterocycles. The molecular formula is C16H16F3N3O. The number of pyridine rings is 1. The molecule has 0 aliphatic rings. The molecule has 0 radical (unpaired) electrons. The van der Waals surface area contributed by atoms with Gasteiger partial charge in [-0.25, -0.2) is 0 Å². The molecule has 0 spiro atoms. The number of nitrogens with zero attached hydrogens (tertiary/aromatic N) is 1. The number of carbonyl (C=O) groups excluding carboxylic acids is 1. The van der Waals surface area contributed by atoms with Crippen LogP contribution in [0.25, 0.3) is 11.1 Å². The molecule has 1 aromatic heterocycles. The van der Waals surface area contributed by atoms with Crippen LogP contribution in [0.4, 0.5) is 13.2 Å². The highest BCUT2D eigenvalue weighted by Crippen LogP contribution is 2.30. The molecule has 0 aliphatic carbocycles. The van der Waals surface area contributed by atoms with E-state index in [9.17, 15) is 18.0 Å². The first kappa shape index (κ1) is 17.0. The number of hydrogen-bond acceptors (Lipinski definition) is 3. The number of nitrogens with one attached hydrogen (secondary N) is 1. The van der Waals surface area contributed by atoms with Crippen LogP contribution >= 0.6 is 0 Å². The lowest BCUT2D eigenvalue weighted by molar-refractivity contribution is -0.137. The number of primary amides is 1. The molecule has 2 rings (SSSR count). The summed E-state index contributed by atoms with van der Waals surface area (Å²) in [6.07, 6.45) is -2.78. The predicted molar refractivity (Wildman–Crippen MR) is 80.2 cm³/mol. The Morgan fingerprint density at radius 3 is 2.43 bits per heavy atom. The van der Waals surface area contributed by atoms with Gasteiger partial charge in [-0.05, 0) is 42.3 Å². The molecule has 2 aromatic rings. The number of alkyl halides is 3. The Balaban J connectivity index is 2.15. The van der Waals surface area contributed by atoms with Crippen molar-refractivity contribution in [2.75, 3.05) is 0 Å². The maximum absolute atomic E-state index is 12.6. The van der Waals surface area contributed by atoms with Crippen LogP contribution in [0.3, 0.4) is 0 Å². The molecule has 0 unspecified atom stereocenters. The summed E-state index contributed by atoms with van der Waals surface area (Å²) in [5.74, 6) is -0.469. The van der Waals surface area contributed by atoms with Crippen molar-refractivity contribution in [3.63, 3.8) is 0 Å². The monoisotopic (exact) mass is 323 g/mol. The molecule has 0 saturated carbocycles. The summed E-state index contributed by atoms with van der Waals surface area (Å²) in [4.78, 5) is 15.1. The van der Waals surface area contributed by atoms with E-state index in [0.29, 0.717) is 17.8 Å². The van der Waals surface area contributed by atoms with Crippen molar-refractivity contribution in [1.82, 2.24) is 10.3 Å². The van der Waals surface area contributed by atoms with Crippen LogP contribution in [-0.2, 0) is 17.5 Å². The molecular weight excluding hydrogens is 307 g/mol. The summed E-state index contributed by atoms with van der Waals surface area (Å²) < 4.78 is 37.7. The molecule has 1 atom stereocenters. The van der Waals surface area contributed by atoms with Gasteiger partial charge in [0.05, 0.1) is 17.3 Å². The zero-order valence-corrected chi connectivity index (χ0v) is 12.4. The molecule has 1 heterocycles. The van der Waals surface area contributed by atoms with Crippen molar-refractivity contribution >= 4 is 5.91 Å². The molecule has 4 nitrogen and oxygen atoms in total. The normalized spacial score (nSPS) is 12.9. The topological polar surface area (TPSA) is 68.0 Å². The molecule has 0 fully saturated rings. The van der Waals surface area contributed by atoms with E-state index in [1.807, 2.05) is 0 Å². The zero-order valence-electron chi connectivity index (χ0n) is 12.4. The van der Waals surface area contributed by atoms with Crippen molar-refractivity contribution in [3.8, 4) is 11.1 Å². The number of benzene rings is 1. The van der Waals surface area contributed by atoms with Crippen molar-refractivity contribution in [2.45, 2.75) is 25.7 Å². The number of amides is 1. The van der Waals surface area contributed by atoms with E-state index in [1.165, 1.54) is 12.1 Å². The van der Waals surface area contributed by atoms with E-state index in [-0.39, 0.29) is 0 Å². The van der Waals surface area contributed by atoms with E-state index in [1.54, 1.807) is 25.3 Å². The van der Waals surface area contributed by atoms with Crippen LogP contribution in [0.15, 0.2) is 42.6 Å². The fourth-order valence-corrected chi connectivity index (χ4v) is 1.96. The first-order chi connectivity index (χ1) is 10.8. The van der Waals surface area contributed by atoms with Gasteiger partial charge in [-0.1, -0.05) is 12.1 Å². The average Bonchev–Trinajstić information content (AvgIpc) is 2.52. The number of nitrogens with two attached hydrogens (primary N) is 1. The van der Waals surface area contributed by atoms with Crippen LogP contribution < -0.4 is 11.1 Å². The number of aromatic nitrogens is 1. The number of rotatable bonds is 5. The molecule has 0 bridgehead atoms. The predicted octanol–water partition coefficient (Wildman–Crippen LogP) is 2.73. The minimum atomic E-state index is -4.35. The van der Waals surface area contributed by atoms with Gasteiger partial charge in [-0.15, -0.1) is 0 Å². The maximum Gasteiger partial charge on any atom is 0.416 e. The van der Waals surface area contributed by atoms with Crippen LogP contribution in [0.1, 0.15) is 18.2 Å². The third kappa shape index (κ3) is 4.53. The lowest BCUT2D eigenvalue weighted by Gasteiger charge is -2.11. The summed E-state index contributed by atoms with van der Waals surface area (Å²) in [7, 11) is 0. The minimum Gasteiger partial charge on any atom is -0.368 e. The van der Waals surface area contributed by atoms with Crippen molar-refractivity contribution in [1.29, 1.82) is 0 Å². The van der Waals surface area contributed by atoms with Crippen LogP contribution in [0, 0.1) is 0 Å². The molecule has 3 N–H and O–H groups in total. The van der Waals surface area contributed by atoms with Gasteiger partial charge in [-0.3, -0.25) is 9.78 Å². The van der Waals surface area contributed by atoms with Gasteiger partial charge in [0.25, 0.3) is 0 Å². The Hall–Kier alpha value is -2.41. The molecule has 1 aromatic carbocycles. The van der Waals surface area contributed by atoms with Gasteiger partial charge in [0, 0.05) is 12.7 Å². The molecule has 7 heteroatoms. The van der Waals surface area contributed by atoms with Gasteiger partial charge in [0.15, 0.2) is 0 Å². The Morgan fingerprint density at radius 1 is 1.22 bits per heavy atom. The van der Waals surface area contributed by atoms with Gasteiger partial charge in [0.2, 0.25) is 5.91 Å². The summed E-state index contributed by atoms with van der Waals surface area (Å²) >= 11 is 0. The van der Waals surface area contributed by atoms with Crippen LogP contribution in [0.5, 0.6) is 0 Å². The Kier molecular flexibility index (Phi) is 5.00. The highest BCUT2D eigenvalue weighted by molar-refractivity contribution is 5.79.